The Morgan fingerprint density at radius 2 is 1.57 bits per heavy atom. The summed E-state index contributed by atoms with van der Waals surface area (Å²) < 4.78 is 20.8. The third-order valence-corrected chi connectivity index (χ3v) is 5.74. The van der Waals surface area contributed by atoms with Gasteiger partial charge in [0, 0.05) is 11.1 Å². The third-order valence-electron chi connectivity index (χ3n) is 5.74. The van der Waals surface area contributed by atoms with Gasteiger partial charge in [-0.15, -0.1) is 0 Å². The predicted octanol–water partition coefficient (Wildman–Crippen LogP) is 6.34. The zero-order chi connectivity index (χ0) is 24.6. The molecule has 0 radical (unpaired) electrons. The first kappa shape index (κ1) is 24.1. The van der Waals surface area contributed by atoms with Crippen molar-refractivity contribution in [3.63, 3.8) is 0 Å². The van der Waals surface area contributed by atoms with Crippen molar-refractivity contribution in [3.8, 4) is 5.75 Å². The predicted molar refractivity (Wildman–Crippen MR) is 137 cm³/mol. The zero-order valence-electron chi connectivity index (χ0n) is 19.9. The molecule has 1 unspecified atom stereocenters. The monoisotopic (exact) mass is 469 g/mol. The topological polar surface area (TPSA) is 56.5 Å². The fourth-order valence-corrected chi connectivity index (χ4v) is 3.74. The molecule has 1 heterocycles. The molecule has 6 heteroatoms. The number of aromatic nitrogens is 2. The van der Waals surface area contributed by atoms with E-state index < -0.39 is 6.04 Å². The van der Waals surface area contributed by atoms with Crippen molar-refractivity contribution in [3.05, 3.63) is 124 Å². The maximum atomic E-state index is 13.7. The van der Waals surface area contributed by atoms with Crippen LogP contribution in [-0.4, -0.2) is 22.1 Å². The van der Waals surface area contributed by atoms with Gasteiger partial charge in [0.25, 0.3) is 5.56 Å². The highest BCUT2D eigenvalue weighted by molar-refractivity contribution is 6.14. The van der Waals surface area contributed by atoms with E-state index in [1.165, 1.54) is 16.8 Å². The molecular weight excluding hydrogens is 441 g/mol. The van der Waals surface area contributed by atoms with E-state index in [0.717, 1.165) is 29.5 Å². The van der Waals surface area contributed by atoms with Crippen molar-refractivity contribution >= 4 is 11.4 Å². The van der Waals surface area contributed by atoms with Crippen LogP contribution in [0.4, 0.5) is 10.1 Å². The van der Waals surface area contributed by atoms with Crippen LogP contribution in [0.25, 0.3) is 0 Å². The molecule has 0 aliphatic heterocycles. The Kier molecular flexibility index (Phi) is 7.83. The Morgan fingerprint density at radius 3 is 2.14 bits per heavy atom. The Hall–Kier alpha value is -4.06. The van der Waals surface area contributed by atoms with Gasteiger partial charge in [-0.25, -0.2) is 14.1 Å². The fraction of sp³-hybridized carbons (Fsp3) is 0.207. The maximum Gasteiger partial charge on any atom is 0.297 e. The number of hydrogen-bond donors (Lipinski definition) is 0. The van der Waals surface area contributed by atoms with Gasteiger partial charge in [-0.05, 0) is 31.0 Å². The number of rotatable bonds is 9. The van der Waals surface area contributed by atoms with Gasteiger partial charge in [0.2, 0.25) is 0 Å². The molecule has 5 nitrogen and oxygen atoms in total. The Balaban J connectivity index is 1.88. The standard InChI is InChI=1S/C29H28FN3O2/c1-3-4-19-35-26-20-31-33(21(2)22-15-17-25(30)18-16-22)29(34)28(26)32-27(23-11-7-5-8-12-23)24-13-9-6-10-14-24/h5-18,20-21H,3-4,19H2,1-2H3. The summed E-state index contributed by atoms with van der Waals surface area (Å²) in [6.45, 7) is 4.39. The first-order valence-corrected chi connectivity index (χ1v) is 11.8. The summed E-state index contributed by atoms with van der Waals surface area (Å²) in [5.41, 5.74) is 3.01. The van der Waals surface area contributed by atoms with Crippen molar-refractivity contribution in [2.24, 2.45) is 4.99 Å². The summed E-state index contributed by atoms with van der Waals surface area (Å²) in [7, 11) is 0. The largest absolute Gasteiger partial charge is 0.489 e. The van der Waals surface area contributed by atoms with Gasteiger partial charge < -0.3 is 4.74 Å². The minimum atomic E-state index is -0.418. The summed E-state index contributed by atoms with van der Waals surface area (Å²) in [6, 6.07) is 25.1. The average molecular weight is 470 g/mol. The molecule has 178 valence electrons. The summed E-state index contributed by atoms with van der Waals surface area (Å²) in [5, 5.41) is 4.39. The molecule has 3 aromatic carbocycles. The first-order chi connectivity index (χ1) is 17.1. The molecule has 1 aromatic heterocycles. The second-order valence-corrected chi connectivity index (χ2v) is 8.23. The number of halogens is 1. The van der Waals surface area contributed by atoms with E-state index in [1.807, 2.05) is 67.6 Å². The van der Waals surface area contributed by atoms with Gasteiger partial charge in [0.1, 0.15) is 5.82 Å². The van der Waals surface area contributed by atoms with Crippen LogP contribution < -0.4 is 10.3 Å². The third kappa shape index (κ3) is 5.72. The molecule has 0 aliphatic carbocycles. The van der Waals surface area contributed by atoms with E-state index in [-0.39, 0.29) is 17.1 Å². The summed E-state index contributed by atoms with van der Waals surface area (Å²) in [4.78, 5) is 18.6. The lowest BCUT2D eigenvalue weighted by atomic mass is 10.0. The van der Waals surface area contributed by atoms with Crippen molar-refractivity contribution < 1.29 is 9.13 Å². The molecule has 0 spiro atoms. The first-order valence-electron chi connectivity index (χ1n) is 11.8. The fourth-order valence-electron chi connectivity index (χ4n) is 3.74. The van der Waals surface area contributed by atoms with Crippen LogP contribution in [0, 0.1) is 5.82 Å². The normalized spacial score (nSPS) is 11.6. The molecular formula is C29H28FN3O2. The smallest absolute Gasteiger partial charge is 0.297 e. The van der Waals surface area contributed by atoms with Gasteiger partial charge in [-0.2, -0.15) is 5.10 Å². The Morgan fingerprint density at radius 1 is 0.971 bits per heavy atom. The van der Waals surface area contributed by atoms with E-state index in [1.54, 1.807) is 18.3 Å². The lowest BCUT2D eigenvalue weighted by molar-refractivity contribution is 0.306. The van der Waals surface area contributed by atoms with Crippen LogP contribution in [0.2, 0.25) is 0 Å². The number of hydrogen-bond acceptors (Lipinski definition) is 4. The van der Waals surface area contributed by atoms with Crippen LogP contribution in [0.3, 0.4) is 0 Å². The number of unbranched alkanes of at least 4 members (excludes halogenated alkanes) is 1. The molecule has 1 atom stereocenters. The van der Waals surface area contributed by atoms with Gasteiger partial charge in [0.15, 0.2) is 11.4 Å². The van der Waals surface area contributed by atoms with Crippen LogP contribution in [0.1, 0.15) is 49.4 Å². The van der Waals surface area contributed by atoms with Gasteiger partial charge in [0.05, 0.1) is 24.6 Å². The van der Waals surface area contributed by atoms with Crippen molar-refractivity contribution in [1.29, 1.82) is 0 Å². The molecule has 0 N–H and O–H groups in total. The second-order valence-electron chi connectivity index (χ2n) is 8.23. The van der Waals surface area contributed by atoms with Crippen LogP contribution in [-0.2, 0) is 0 Å². The number of aliphatic imine (C=N–C) groups is 1. The lowest BCUT2D eigenvalue weighted by Crippen LogP contribution is -2.27. The maximum absolute atomic E-state index is 13.7. The van der Waals surface area contributed by atoms with E-state index in [9.17, 15) is 9.18 Å². The number of ether oxygens (including phenoxy) is 1. The van der Waals surface area contributed by atoms with Crippen LogP contribution >= 0.6 is 0 Å². The Labute approximate surface area is 204 Å². The molecule has 35 heavy (non-hydrogen) atoms. The van der Waals surface area contributed by atoms with E-state index in [4.69, 9.17) is 9.73 Å². The highest BCUT2D eigenvalue weighted by atomic mass is 19.1. The van der Waals surface area contributed by atoms with Crippen molar-refractivity contribution in [2.75, 3.05) is 6.61 Å². The molecule has 4 rings (SSSR count). The molecule has 0 amide bonds. The highest BCUT2D eigenvalue weighted by Gasteiger charge is 2.19. The summed E-state index contributed by atoms with van der Waals surface area (Å²) >= 11 is 0. The minimum Gasteiger partial charge on any atom is -0.489 e. The molecule has 0 aliphatic rings. The molecule has 0 fully saturated rings. The summed E-state index contributed by atoms with van der Waals surface area (Å²) in [5.74, 6) is 0.0111. The summed E-state index contributed by atoms with van der Waals surface area (Å²) in [6.07, 6.45) is 3.36. The number of benzene rings is 3. The van der Waals surface area contributed by atoms with E-state index in [2.05, 4.69) is 12.0 Å². The molecule has 0 saturated carbocycles. The van der Waals surface area contributed by atoms with Crippen LogP contribution in [0.5, 0.6) is 5.75 Å². The van der Waals surface area contributed by atoms with Crippen molar-refractivity contribution in [1.82, 2.24) is 9.78 Å². The van der Waals surface area contributed by atoms with Gasteiger partial charge in [-0.3, -0.25) is 4.79 Å². The average Bonchev–Trinajstić information content (AvgIpc) is 2.90. The minimum absolute atomic E-state index is 0.188. The zero-order valence-corrected chi connectivity index (χ0v) is 19.9. The molecule has 4 aromatic rings. The highest BCUT2D eigenvalue weighted by Crippen LogP contribution is 2.27. The second kappa shape index (κ2) is 11.4. The van der Waals surface area contributed by atoms with Gasteiger partial charge >= 0.3 is 0 Å². The van der Waals surface area contributed by atoms with Gasteiger partial charge in [-0.1, -0.05) is 86.1 Å². The van der Waals surface area contributed by atoms with Crippen LogP contribution in [0.15, 0.2) is 101 Å². The van der Waals surface area contributed by atoms with Crippen molar-refractivity contribution in [2.45, 2.75) is 32.7 Å². The quantitative estimate of drug-likeness (QED) is 0.212. The molecule has 0 bridgehead atoms. The Bertz CT molecular complexity index is 1290. The SMILES string of the molecule is CCCCOc1cnn(C(C)c2ccc(F)cc2)c(=O)c1N=C(c1ccccc1)c1ccccc1. The molecule has 0 saturated heterocycles. The lowest BCUT2D eigenvalue weighted by Gasteiger charge is -2.17. The van der Waals surface area contributed by atoms with E-state index in [0.29, 0.717) is 18.1 Å². The number of nitrogens with zero attached hydrogens (tertiary/aromatic N) is 3. The van der Waals surface area contributed by atoms with E-state index >= 15 is 0 Å².